The average molecular weight is 710 g/mol. The van der Waals surface area contributed by atoms with Crippen molar-refractivity contribution in [2.24, 2.45) is 0 Å². The number of esters is 1. The second-order valence-electron chi connectivity index (χ2n) is 12.2. The Labute approximate surface area is 298 Å². The number of carbonyl (C=O) groups is 2. The molecule has 3 N–H and O–H groups in total. The second kappa shape index (κ2) is 35.5. The molecule has 0 aromatic carbocycles. The summed E-state index contributed by atoms with van der Waals surface area (Å²) in [5.74, 6) is -0.574. The van der Waals surface area contributed by atoms with E-state index in [1.807, 2.05) is 0 Å². The third-order valence-corrected chi connectivity index (χ3v) is 8.42. The molecule has 2 unspecified atom stereocenters. The van der Waals surface area contributed by atoms with Crippen molar-refractivity contribution in [2.75, 3.05) is 26.4 Å². The number of rotatable bonds is 34. The van der Waals surface area contributed by atoms with Crippen molar-refractivity contribution in [3.63, 3.8) is 0 Å². The van der Waals surface area contributed by atoms with Gasteiger partial charge in [0.2, 0.25) is 5.91 Å². The van der Waals surface area contributed by atoms with Crippen molar-refractivity contribution in [2.45, 2.75) is 148 Å². The highest BCUT2D eigenvalue weighted by molar-refractivity contribution is 7.47. The Hall–Kier alpha value is -2.29. The van der Waals surface area contributed by atoms with Crippen LogP contribution in [0, 0.1) is 0 Å². The molecule has 10 heteroatoms. The highest BCUT2D eigenvalue weighted by Gasteiger charge is 2.23. The van der Waals surface area contributed by atoms with E-state index in [9.17, 15) is 24.2 Å². The molecule has 0 spiro atoms. The zero-order chi connectivity index (χ0) is 36.1. The molecule has 0 aliphatic heterocycles. The highest BCUT2D eigenvalue weighted by Crippen LogP contribution is 2.42. The second-order valence-corrected chi connectivity index (χ2v) is 13.6. The predicted octanol–water partition coefficient (Wildman–Crippen LogP) is 9.76. The monoisotopic (exact) mass is 709 g/mol. The third kappa shape index (κ3) is 36.8. The van der Waals surface area contributed by atoms with Crippen molar-refractivity contribution < 1.29 is 37.9 Å². The maximum Gasteiger partial charge on any atom is 0.472 e. The van der Waals surface area contributed by atoms with Crippen molar-refractivity contribution in [3.05, 3.63) is 60.8 Å². The van der Waals surface area contributed by atoms with E-state index in [1.165, 1.54) is 38.5 Å². The summed E-state index contributed by atoms with van der Waals surface area (Å²) in [4.78, 5) is 33.7. The van der Waals surface area contributed by atoms with Crippen LogP contribution in [0.15, 0.2) is 60.8 Å². The van der Waals surface area contributed by atoms with Crippen LogP contribution in [-0.2, 0) is 27.9 Å². The summed E-state index contributed by atoms with van der Waals surface area (Å²) in [5.41, 5.74) is 0. The van der Waals surface area contributed by atoms with Gasteiger partial charge in [0.25, 0.3) is 0 Å². The maximum absolute atomic E-state index is 12.0. The number of phosphoric ester groups is 1. The van der Waals surface area contributed by atoms with Crippen molar-refractivity contribution in [3.8, 4) is 0 Å². The number of allylic oxidation sites excluding steroid dienone is 10. The first kappa shape index (κ1) is 46.7. The SMILES string of the molecule is CC/C=C\C/C=C\C/C=C\C/C=C\CCCCC(=O)OCC(O)COP(=O)(O)OCCNC(=O)CCCCCCC/C=C\CCCCCC. The quantitative estimate of drug-likeness (QED) is 0.0261. The van der Waals surface area contributed by atoms with Crippen LogP contribution < -0.4 is 5.32 Å². The first-order valence-corrected chi connectivity index (χ1v) is 20.3. The van der Waals surface area contributed by atoms with Gasteiger partial charge in [0.1, 0.15) is 12.7 Å². The largest absolute Gasteiger partial charge is 0.472 e. The maximum atomic E-state index is 12.0. The van der Waals surface area contributed by atoms with Crippen LogP contribution in [0.3, 0.4) is 0 Å². The Morgan fingerprint density at radius 2 is 1.16 bits per heavy atom. The summed E-state index contributed by atoms with van der Waals surface area (Å²) in [6.45, 7) is 3.33. The lowest BCUT2D eigenvalue weighted by atomic mass is 10.1. The van der Waals surface area contributed by atoms with E-state index in [2.05, 4.69) is 79.9 Å². The predicted molar refractivity (Wildman–Crippen MR) is 201 cm³/mol. The molecule has 0 saturated carbocycles. The van der Waals surface area contributed by atoms with Gasteiger partial charge >= 0.3 is 13.8 Å². The summed E-state index contributed by atoms with van der Waals surface area (Å²) >= 11 is 0. The lowest BCUT2D eigenvalue weighted by molar-refractivity contribution is -0.147. The van der Waals surface area contributed by atoms with Crippen LogP contribution in [-0.4, -0.2) is 54.3 Å². The van der Waals surface area contributed by atoms with Crippen LogP contribution in [0.1, 0.15) is 142 Å². The molecule has 0 aliphatic rings. The minimum atomic E-state index is -4.42. The van der Waals surface area contributed by atoms with Crippen molar-refractivity contribution in [1.82, 2.24) is 5.32 Å². The molecule has 0 aromatic rings. The van der Waals surface area contributed by atoms with E-state index in [0.717, 1.165) is 70.6 Å². The number of unbranched alkanes of at least 4 members (excludes halogenated alkanes) is 11. The third-order valence-electron chi connectivity index (χ3n) is 7.43. The lowest BCUT2D eigenvalue weighted by Gasteiger charge is -2.15. The molecule has 0 radical (unpaired) electrons. The minimum absolute atomic E-state index is 0.0694. The number of aliphatic hydroxyl groups excluding tert-OH is 1. The molecular formula is C39H68NO8P. The molecule has 9 nitrogen and oxygen atoms in total. The lowest BCUT2D eigenvalue weighted by Crippen LogP contribution is -2.27. The van der Waals surface area contributed by atoms with Gasteiger partial charge in [0.15, 0.2) is 0 Å². The van der Waals surface area contributed by atoms with Gasteiger partial charge in [-0.15, -0.1) is 0 Å². The molecule has 0 aromatic heterocycles. The molecule has 0 rings (SSSR count). The van der Waals surface area contributed by atoms with Gasteiger partial charge in [0.05, 0.1) is 13.2 Å². The summed E-state index contributed by atoms with van der Waals surface area (Å²) in [6, 6.07) is 0. The molecule has 49 heavy (non-hydrogen) atoms. The van der Waals surface area contributed by atoms with Crippen LogP contribution in [0.4, 0.5) is 0 Å². The number of amides is 1. The normalized spacial score (nSPS) is 14.1. The zero-order valence-corrected chi connectivity index (χ0v) is 31.5. The molecule has 0 fully saturated rings. The summed E-state index contributed by atoms with van der Waals surface area (Å²) < 4.78 is 26.7. The Morgan fingerprint density at radius 1 is 0.653 bits per heavy atom. The van der Waals surface area contributed by atoms with E-state index in [4.69, 9.17) is 13.8 Å². The number of nitrogens with one attached hydrogen (secondary N) is 1. The first-order chi connectivity index (χ1) is 23.8. The number of carbonyl (C=O) groups excluding carboxylic acids is 2. The molecular weight excluding hydrogens is 641 g/mol. The van der Waals surface area contributed by atoms with Gasteiger partial charge < -0.3 is 20.1 Å². The van der Waals surface area contributed by atoms with E-state index >= 15 is 0 Å². The topological polar surface area (TPSA) is 131 Å². The van der Waals surface area contributed by atoms with Gasteiger partial charge in [-0.05, 0) is 77.0 Å². The first-order valence-electron chi connectivity index (χ1n) is 18.8. The van der Waals surface area contributed by atoms with Gasteiger partial charge in [-0.2, -0.15) is 0 Å². The van der Waals surface area contributed by atoms with Crippen molar-refractivity contribution >= 4 is 19.7 Å². The molecule has 282 valence electrons. The standard InChI is InChI=1S/C39H68NO8P/c1-3-5-7-9-11-13-15-17-18-20-22-24-26-28-30-32-39(43)46-35-37(41)36-48-49(44,45)47-34-33-40-38(42)31-29-27-25-23-21-19-16-14-12-10-8-6-4-2/h5,7,11,13-14,16-18,22,24,37,41H,3-4,6,8-10,12,15,19-21,23,25-36H2,1-2H3,(H,40,42)(H,44,45)/b7-5-,13-11-,16-14-,18-17-,24-22-. The number of aliphatic hydroxyl groups is 1. The molecule has 0 bridgehead atoms. The number of ether oxygens (including phenoxy) is 1. The fourth-order valence-corrected chi connectivity index (χ4v) is 5.36. The fourth-order valence-electron chi connectivity index (χ4n) is 4.60. The van der Waals surface area contributed by atoms with Gasteiger partial charge in [-0.3, -0.25) is 18.6 Å². The highest BCUT2D eigenvalue weighted by atomic mass is 31.2. The van der Waals surface area contributed by atoms with Gasteiger partial charge in [0, 0.05) is 19.4 Å². The summed E-state index contributed by atoms with van der Waals surface area (Å²) in [7, 11) is -4.42. The van der Waals surface area contributed by atoms with Gasteiger partial charge in [-0.1, -0.05) is 113 Å². The number of phosphoric acid groups is 1. The fraction of sp³-hybridized carbons (Fsp3) is 0.692. The average Bonchev–Trinajstić information content (AvgIpc) is 3.08. The number of hydrogen-bond acceptors (Lipinski definition) is 7. The summed E-state index contributed by atoms with van der Waals surface area (Å²) in [5, 5.41) is 12.6. The van der Waals surface area contributed by atoms with E-state index < -0.39 is 26.5 Å². The van der Waals surface area contributed by atoms with Gasteiger partial charge in [-0.25, -0.2) is 4.57 Å². The van der Waals surface area contributed by atoms with Crippen LogP contribution in [0.5, 0.6) is 0 Å². The van der Waals surface area contributed by atoms with Crippen LogP contribution in [0.25, 0.3) is 0 Å². The van der Waals surface area contributed by atoms with E-state index in [-0.39, 0.29) is 32.1 Å². The molecule has 1 amide bonds. The van der Waals surface area contributed by atoms with E-state index in [0.29, 0.717) is 12.8 Å². The molecule has 0 heterocycles. The Kier molecular flexibility index (Phi) is 33.9. The smallest absolute Gasteiger partial charge is 0.463 e. The van der Waals surface area contributed by atoms with E-state index in [1.54, 1.807) is 0 Å². The Bertz CT molecular complexity index is 992. The zero-order valence-electron chi connectivity index (χ0n) is 30.6. The van der Waals surface area contributed by atoms with Crippen molar-refractivity contribution in [1.29, 1.82) is 0 Å². The number of hydrogen-bond donors (Lipinski definition) is 3. The Morgan fingerprint density at radius 3 is 1.80 bits per heavy atom. The Balaban J connectivity index is 3.72. The molecule has 2 atom stereocenters. The molecule has 0 aliphatic carbocycles. The van der Waals surface area contributed by atoms with Crippen LogP contribution in [0.2, 0.25) is 0 Å². The van der Waals surface area contributed by atoms with Crippen LogP contribution >= 0.6 is 7.82 Å². The molecule has 0 saturated heterocycles. The minimum Gasteiger partial charge on any atom is -0.463 e. The summed E-state index contributed by atoms with van der Waals surface area (Å²) in [6.07, 6.45) is 40.1.